The van der Waals surface area contributed by atoms with E-state index in [9.17, 15) is 8.42 Å². The SMILES string of the molecule is CCOc1ccc(S(=O)(=O)NCc2ccccn2)cc1C. The van der Waals surface area contributed by atoms with Gasteiger partial charge in [-0.3, -0.25) is 4.98 Å². The third-order valence-electron chi connectivity index (χ3n) is 2.93. The monoisotopic (exact) mass is 306 g/mol. The molecule has 0 saturated carbocycles. The van der Waals surface area contributed by atoms with Gasteiger partial charge in [-0.25, -0.2) is 13.1 Å². The average molecular weight is 306 g/mol. The van der Waals surface area contributed by atoms with Gasteiger partial charge >= 0.3 is 0 Å². The van der Waals surface area contributed by atoms with E-state index in [1.807, 2.05) is 19.9 Å². The molecule has 0 spiro atoms. The van der Waals surface area contributed by atoms with Crippen molar-refractivity contribution in [1.29, 1.82) is 0 Å². The summed E-state index contributed by atoms with van der Waals surface area (Å²) < 4.78 is 32.4. The molecule has 0 radical (unpaired) electrons. The second-order valence-electron chi connectivity index (χ2n) is 4.51. The molecule has 0 amide bonds. The van der Waals surface area contributed by atoms with Gasteiger partial charge < -0.3 is 4.74 Å². The minimum Gasteiger partial charge on any atom is -0.494 e. The maximum Gasteiger partial charge on any atom is 0.240 e. The number of benzene rings is 1. The number of ether oxygens (including phenoxy) is 1. The lowest BCUT2D eigenvalue weighted by Crippen LogP contribution is -2.23. The van der Waals surface area contributed by atoms with Gasteiger partial charge in [-0.2, -0.15) is 0 Å². The second kappa shape index (κ2) is 6.69. The van der Waals surface area contributed by atoms with Gasteiger partial charge in [0.05, 0.1) is 23.7 Å². The van der Waals surface area contributed by atoms with Gasteiger partial charge in [0.15, 0.2) is 0 Å². The summed E-state index contributed by atoms with van der Waals surface area (Å²) in [5, 5.41) is 0. The summed E-state index contributed by atoms with van der Waals surface area (Å²) in [5.74, 6) is 0.696. The normalized spacial score (nSPS) is 11.3. The lowest BCUT2D eigenvalue weighted by Gasteiger charge is -2.10. The molecule has 2 rings (SSSR count). The van der Waals surface area contributed by atoms with E-state index in [0.29, 0.717) is 18.1 Å². The Morgan fingerprint density at radius 2 is 2.05 bits per heavy atom. The van der Waals surface area contributed by atoms with E-state index in [1.54, 1.807) is 36.5 Å². The third-order valence-corrected chi connectivity index (χ3v) is 4.32. The maximum atomic E-state index is 12.2. The second-order valence-corrected chi connectivity index (χ2v) is 6.27. The molecule has 0 fully saturated rings. The Kier molecular flexibility index (Phi) is 4.93. The molecule has 1 N–H and O–H groups in total. The Morgan fingerprint density at radius 1 is 1.24 bits per heavy atom. The fraction of sp³-hybridized carbons (Fsp3) is 0.267. The van der Waals surface area contributed by atoms with Gasteiger partial charge in [-0.15, -0.1) is 0 Å². The van der Waals surface area contributed by atoms with Gasteiger partial charge in [-0.05, 0) is 49.7 Å². The number of pyridine rings is 1. The van der Waals surface area contributed by atoms with Crippen LogP contribution in [-0.4, -0.2) is 20.0 Å². The van der Waals surface area contributed by atoms with E-state index in [4.69, 9.17) is 4.74 Å². The van der Waals surface area contributed by atoms with Crippen LogP contribution in [-0.2, 0) is 16.6 Å². The standard InChI is InChI=1S/C15H18N2O3S/c1-3-20-15-8-7-14(10-12(15)2)21(18,19)17-11-13-6-4-5-9-16-13/h4-10,17H,3,11H2,1-2H3. The van der Waals surface area contributed by atoms with Crippen molar-refractivity contribution in [1.82, 2.24) is 9.71 Å². The molecule has 6 heteroatoms. The molecule has 0 aliphatic rings. The Hall–Kier alpha value is -1.92. The number of hydrogen-bond donors (Lipinski definition) is 1. The first-order chi connectivity index (χ1) is 10.0. The van der Waals surface area contributed by atoms with Crippen LogP contribution < -0.4 is 9.46 Å². The molecule has 0 aliphatic heterocycles. The van der Waals surface area contributed by atoms with Crippen molar-refractivity contribution in [3.63, 3.8) is 0 Å². The number of sulfonamides is 1. The molecule has 2 aromatic rings. The first-order valence-corrected chi connectivity index (χ1v) is 8.14. The van der Waals surface area contributed by atoms with Crippen LogP contribution in [0.15, 0.2) is 47.5 Å². The molecule has 112 valence electrons. The summed E-state index contributed by atoms with van der Waals surface area (Å²) in [6.45, 7) is 4.42. The van der Waals surface area contributed by atoms with Crippen LogP contribution >= 0.6 is 0 Å². The Bertz CT molecular complexity index is 700. The van der Waals surface area contributed by atoms with Gasteiger partial charge in [0.25, 0.3) is 0 Å². The zero-order chi connectivity index (χ0) is 15.3. The maximum absolute atomic E-state index is 12.2. The Labute approximate surface area is 125 Å². The molecule has 1 aromatic carbocycles. The molecule has 0 unspecified atom stereocenters. The molecule has 0 bridgehead atoms. The summed E-state index contributed by atoms with van der Waals surface area (Å²) >= 11 is 0. The smallest absolute Gasteiger partial charge is 0.240 e. The minimum absolute atomic E-state index is 0.162. The number of rotatable bonds is 6. The molecule has 0 saturated heterocycles. The van der Waals surface area contributed by atoms with E-state index in [0.717, 1.165) is 5.56 Å². The quantitative estimate of drug-likeness (QED) is 0.889. The van der Waals surface area contributed by atoms with Crippen molar-refractivity contribution >= 4 is 10.0 Å². The number of nitrogens with one attached hydrogen (secondary N) is 1. The summed E-state index contributed by atoms with van der Waals surface area (Å²) in [6, 6.07) is 10.2. The third kappa shape index (κ3) is 4.03. The topological polar surface area (TPSA) is 68.3 Å². The van der Waals surface area contributed by atoms with Gasteiger partial charge in [0.2, 0.25) is 10.0 Å². The predicted molar refractivity (Wildman–Crippen MR) is 80.6 cm³/mol. The number of aromatic nitrogens is 1. The van der Waals surface area contributed by atoms with Crippen LogP contribution in [0.5, 0.6) is 5.75 Å². The van der Waals surface area contributed by atoms with Crippen molar-refractivity contribution in [2.45, 2.75) is 25.3 Å². The molecular weight excluding hydrogens is 288 g/mol. The van der Waals surface area contributed by atoms with E-state index >= 15 is 0 Å². The highest BCUT2D eigenvalue weighted by Gasteiger charge is 2.15. The lowest BCUT2D eigenvalue weighted by atomic mass is 10.2. The molecule has 1 aromatic heterocycles. The van der Waals surface area contributed by atoms with E-state index < -0.39 is 10.0 Å². The lowest BCUT2D eigenvalue weighted by molar-refractivity contribution is 0.337. The van der Waals surface area contributed by atoms with Crippen LogP contribution in [0.4, 0.5) is 0 Å². The highest BCUT2D eigenvalue weighted by atomic mass is 32.2. The molecule has 1 heterocycles. The first kappa shape index (κ1) is 15.5. The summed E-state index contributed by atoms with van der Waals surface area (Å²) in [5.41, 5.74) is 1.46. The van der Waals surface area contributed by atoms with Crippen molar-refractivity contribution in [2.75, 3.05) is 6.61 Å². The van der Waals surface area contributed by atoms with Gasteiger partial charge in [0, 0.05) is 6.20 Å². The molecule has 5 nitrogen and oxygen atoms in total. The highest BCUT2D eigenvalue weighted by molar-refractivity contribution is 7.89. The fourth-order valence-electron chi connectivity index (χ4n) is 1.86. The summed E-state index contributed by atoms with van der Waals surface area (Å²) in [4.78, 5) is 4.31. The average Bonchev–Trinajstić information content (AvgIpc) is 2.48. The Balaban J connectivity index is 2.14. The van der Waals surface area contributed by atoms with Crippen LogP contribution in [0.3, 0.4) is 0 Å². The minimum atomic E-state index is -3.56. The number of aryl methyl sites for hydroxylation is 1. The Morgan fingerprint density at radius 3 is 2.67 bits per heavy atom. The summed E-state index contributed by atoms with van der Waals surface area (Å²) in [7, 11) is -3.56. The van der Waals surface area contributed by atoms with E-state index in [-0.39, 0.29) is 11.4 Å². The van der Waals surface area contributed by atoms with Crippen LogP contribution in [0, 0.1) is 6.92 Å². The van der Waals surface area contributed by atoms with Crippen molar-refractivity contribution < 1.29 is 13.2 Å². The van der Waals surface area contributed by atoms with E-state index in [1.165, 1.54) is 0 Å². The fourth-order valence-corrected chi connectivity index (χ4v) is 2.95. The zero-order valence-electron chi connectivity index (χ0n) is 12.0. The van der Waals surface area contributed by atoms with Crippen LogP contribution in [0.2, 0.25) is 0 Å². The van der Waals surface area contributed by atoms with Crippen LogP contribution in [0.25, 0.3) is 0 Å². The first-order valence-electron chi connectivity index (χ1n) is 6.66. The molecular formula is C15H18N2O3S. The predicted octanol–water partition coefficient (Wildman–Crippen LogP) is 2.27. The van der Waals surface area contributed by atoms with Gasteiger partial charge in [-0.1, -0.05) is 6.07 Å². The molecule has 0 aliphatic carbocycles. The highest BCUT2D eigenvalue weighted by Crippen LogP contribution is 2.21. The number of hydrogen-bond acceptors (Lipinski definition) is 4. The molecule has 21 heavy (non-hydrogen) atoms. The van der Waals surface area contributed by atoms with Crippen molar-refractivity contribution in [3.05, 3.63) is 53.9 Å². The van der Waals surface area contributed by atoms with Crippen molar-refractivity contribution in [3.8, 4) is 5.75 Å². The zero-order valence-corrected chi connectivity index (χ0v) is 12.9. The van der Waals surface area contributed by atoms with Crippen molar-refractivity contribution in [2.24, 2.45) is 0 Å². The molecule has 0 atom stereocenters. The van der Waals surface area contributed by atoms with Crippen LogP contribution in [0.1, 0.15) is 18.2 Å². The number of nitrogens with zero attached hydrogens (tertiary/aromatic N) is 1. The summed E-state index contributed by atoms with van der Waals surface area (Å²) in [6.07, 6.45) is 1.63. The van der Waals surface area contributed by atoms with Gasteiger partial charge in [0.1, 0.15) is 5.75 Å². The largest absolute Gasteiger partial charge is 0.494 e. The van der Waals surface area contributed by atoms with E-state index in [2.05, 4.69) is 9.71 Å².